The lowest BCUT2D eigenvalue weighted by molar-refractivity contribution is 0.102. The Hall–Kier alpha value is -2.68. The molecule has 0 radical (unpaired) electrons. The second-order valence-electron chi connectivity index (χ2n) is 4.79. The summed E-state index contributed by atoms with van der Waals surface area (Å²) in [6.07, 6.45) is 0.863. The maximum absolute atomic E-state index is 12.1. The van der Waals surface area contributed by atoms with E-state index in [1.165, 1.54) is 0 Å². The first-order valence-corrected chi connectivity index (χ1v) is 8.23. The van der Waals surface area contributed by atoms with Crippen molar-refractivity contribution >= 4 is 29.0 Å². The van der Waals surface area contributed by atoms with Crippen LogP contribution in [0.3, 0.4) is 0 Å². The number of hydrogen-bond donors (Lipinski definition) is 3. The lowest BCUT2D eigenvalue weighted by Crippen LogP contribution is -2.35. The molecule has 128 valence electrons. The first kappa shape index (κ1) is 17.7. The van der Waals surface area contributed by atoms with E-state index in [0.717, 1.165) is 17.8 Å². The van der Waals surface area contributed by atoms with E-state index in [1.54, 1.807) is 31.4 Å². The van der Waals surface area contributed by atoms with Gasteiger partial charge in [0.15, 0.2) is 0 Å². The number of ether oxygens (including phenoxy) is 1. The van der Waals surface area contributed by atoms with Crippen molar-refractivity contribution < 1.29 is 14.3 Å². The summed E-state index contributed by atoms with van der Waals surface area (Å²) < 4.78 is 5.06. The molecule has 1 aromatic heterocycles. The topological polar surface area (TPSA) is 105 Å². The number of carbonyl (C=O) groups is 2. The standard InChI is InChI=1S/C15H19N5O3S/c1-3-8-16-15(22)17-9-12-19-20-14(24-12)13(21)18-10-4-6-11(23-2)7-5-10/h4-7H,3,8-9H2,1-2H3,(H,18,21)(H2,16,17,22). The second kappa shape index (κ2) is 8.82. The maximum atomic E-state index is 12.1. The molecule has 0 aliphatic carbocycles. The molecule has 0 bridgehead atoms. The highest BCUT2D eigenvalue weighted by Gasteiger charge is 2.13. The van der Waals surface area contributed by atoms with Crippen LogP contribution >= 0.6 is 11.3 Å². The van der Waals surface area contributed by atoms with Crippen LogP contribution in [0, 0.1) is 0 Å². The quantitative estimate of drug-likeness (QED) is 0.709. The Morgan fingerprint density at radius 2 is 1.92 bits per heavy atom. The minimum atomic E-state index is -0.348. The van der Waals surface area contributed by atoms with Gasteiger partial charge in [-0.25, -0.2) is 4.79 Å². The highest BCUT2D eigenvalue weighted by Crippen LogP contribution is 2.17. The molecule has 1 heterocycles. The number of urea groups is 1. The molecular weight excluding hydrogens is 330 g/mol. The molecule has 9 heteroatoms. The maximum Gasteiger partial charge on any atom is 0.315 e. The summed E-state index contributed by atoms with van der Waals surface area (Å²) >= 11 is 1.13. The molecule has 0 aliphatic heterocycles. The zero-order valence-corrected chi connectivity index (χ0v) is 14.3. The summed E-state index contributed by atoms with van der Waals surface area (Å²) in [6, 6.07) is 6.70. The van der Waals surface area contributed by atoms with Crippen molar-refractivity contribution in [2.24, 2.45) is 0 Å². The summed E-state index contributed by atoms with van der Waals surface area (Å²) in [7, 11) is 1.58. The summed E-state index contributed by atoms with van der Waals surface area (Å²) in [5.74, 6) is 0.359. The summed E-state index contributed by atoms with van der Waals surface area (Å²) in [6.45, 7) is 2.80. The van der Waals surface area contributed by atoms with Gasteiger partial charge in [-0.15, -0.1) is 10.2 Å². The number of methoxy groups -OCH3 is 1. The largest absolute Gasteiger partial charge is 0.497 e. The highest BCUT2D eigenvalue weighted by atomic mass is 32.1. The molecule has 1 aromatic carbocycles. The number of benzene rings is 1. The van der Waals surface area contributed by atoms with E-state index in [0.29, 0.717) is 23.0 Å². The zero-order chi connectivity index (χ0) is 17.4. The SMILES string of the molecule is CCCNC(=O)NCc1nnc(C(=O)Nc2ccc(OC)cc2)s1. The molecule has 0 spiro atoms. The molecule has 0 unspecified atom stereocenters. The van der Waals surface area contributed by atoms with Crippen LogP contribution in [0.25, 0.3) is 0 Å². The average molecular weight is 349 g/mol. The normalized spacial score (nSPS) is 10.1. The van der Waals surface area contributed by atoms with E-state index in [9.17, 15) is 9.59 Å². The number of rotatable bonds is 7. The first-order chi connectivity index (χ1) is 11.6. The number of hydrogen-bond acceptors (Lipinski definition) is 6. The molecule has 24 heavy (non-hydrogen) atoms. The van der Waals surface area contributed by atoms with Gasteiger partial charge >= 0.3 is 6.03 Å². The van der Waals surface area contributed by atoms with Crippen LogP contribution in [0.2, 0.25) is 0 Å². The van der Waals surface area contributed by atoms with Gasteiger partial charge < -0.3 is 20.7 Å². The number of anilines is 1. The van der Waals surface area contributed by atoms with Crippen LogP contribution < -0.4 is 20.7 Å². The minimum Gasteiger partial charge on any atom is -0.497 e. The third-order valence-corrected chi connectivity index (χ3v) is 3.87. The van der Waals surface area contributed by atoms with Crippen molar-refractivity contribution in [1.29, 1.82) is 0 Å². The Kier molecular flexibility index (Phi) is 6.50. The fourth-order valence-electron chi connectivity index (χ4n) is 1.73. The molecule has 0 fully saturated rings. The average Bonchev–Trinajstić information content (AvgIpc) is 3.08. The number of aromatic nitrogens is 2. The van der Waals surface area contributed by atoms with E-state index in [2.05, 4.69) is 26.1 Å². The predicted octanol–water partition coefficient (Wildman–Crippen LogP) is 2.01. The van der Waals surface area contributed by atoms with Gasteiger partial charge in [0.1, 0.15) is 10.8 Å². The number of carbonyl (C=O) groups excluding carboxylic acids is 2. The fourth-order valence-corrected chi connectivity index (χ4v) is 2.41. The summed E-state index contributed by atoms with van der Waals surface area (Å²) in [5, 5.41) is 16.6. The van der Waals surface area contributed by atoms with Crippen LogP contribution in [0.4, 0.5) is 10.5 Å². The zero-order valence-electron chi connectivity index (χ0n) is 13.5. The van der Waals surface area contributed by atoms with Crippen molar-refractivity contribution in [3.05, 3.63) is 34.3 Å². The Labute approximate surface area is 143 Å². The van der Waals surface area contributed by atoms with E-state index >= 15 is 0 Å². The van der Waals surface area contributed by atoms with Crippen LogP contribution in [0.5, 0.6) is 5.75 Å². The van der Waals surface area contributed by atoms with Gasteiger partial charge in [-0.3, -0.25) is 4.79 Å². The lowest BCUT2D eigenvalue weighted by atomic mass is 10.3. The first-order valence-electron chi connectivity index (χ1n) is 7.42. The Morgan fingerprint density at radius 3 is 2.58 bits per heavy atom. The second-order valence-corrected chi connectivity index (χ2v) is 5.86. The fraction of sp³-hybridized carbons (Fsp3) is 0.333. The molecule has 8 nitrogen and oxygen atoms in total. The molecule has 0 saturated carbocycles. The van der Waals surface area contributed by atoms with E-state index in [-0.39, 0.29) is 23.5 Å². The van der Waals surface area contributed by atoms with Gasteiger partial charge in [0.2, 0.25) is 5.01 Å². The Morgan fingerprint density at radius 1 is 1.17 bits per heavy atom. The van der Waals surface area contributed by atoms with E-state index in [4.69, 9.17) is 4.74 Å². The number of nitrogens with one attached hydrogen (secondary N) is 3. The number of amides is 3. The van der Waals surface area contributed by atoms with Gasteiger partial charge in [-0.2, -0.15) is 0 Å². The van der Waals surface area contributed by atoms with Crippen molar-refractivity contribution in [2.75, 3.05) is 19.0 Å². The van der Waals surface area contributed by atoms with Gasteiger partial charge in [0.25, 0.3) is 5.91 Å². The van der Waals surface area contributed by atoms with Crippen LogP contribution in [-0.2, 0) is 6.54 Å². The lowest BCUT2D eigenvalue weighted by Gasteiger charge is -2.04. The number of nitrogens with zero attached hydrogens (tertiary/aromatic N) is 2. The third-order valence-electron chi connectivity index (χ3n) is 2.94. The van der Waals surface area contributed by atoms with Gasteiger partial charge in [0.05, 0.1) is 13.7 Å². The Balaban J connectivity index is 1.87. The summed E-state index contributed by atoms with van der Waals surface area (Å²) in [4.78, 5) is 23.6. The molecule has 2 rings (SSSR count). The van der Waals surface area contributed by atoms with Gasteiger partial charge in [0, 0.05) is 12.2 Å². The van der Waals surface area contributed by atoms with Crippen molar-refractivity contribution in [3.8, 4) is 5.75 Å². The van der Waals surface area contributed by atoms with Crippen LogP contribution in [0.15, 0.2) is 24.3 Å². The molecular formula is C15H19N5O3S. The third kappa shape index (κ3) is 5.20. The molecule has 3 amide bonds. The Bertz CT molecular complexity index is 687. The van der Waals surface area contributed by atoms with Crippen LogP contribution in [0.1, 0.15) is 28.2 Å². The highest BCUT2D eigenvalue weighted by molar-refractivity contribution is 7.13. The van der Waals surface area contributed by atoms with Crippen molar-refractivity contribution in [1.82, 2.24) is 20.8 Å². The monoisotopic (exact) mass is 349 g/mol. The van der Waals surface area contributed by atoms with Crippen LogP contribution in [-0.4, -0.2) is 35.8 Å². The minimum absolute atomic E-state index is 0.225. The predicted molar refractivity (Wildman–Crippen MR) is 91.4 cm³/mol. The smallest absolute Gasteiger partial charge is 0.315 e. The molecule has 0 aliphatic rings. The van der Waals surface area contributed by atoms with Crippen molar-refractivity contribution in [3.63, 3.8) is 0 Å². The molecule has 2 aromatic rings. The molecule has 0 atom stereocenters. The molecule has 3 N–H and O–H groups in total. The van der Waals surface area contributed by atoms with E-state index < -0.39 is 0 Å². The molecule has 0 saturated heterocycles. The van der Waals surface area contributed by atoms with Gasteiger partial charge in [-0.1, -0.05) is 18.3 Å². The van der Waals surface area contributed by atoms with E-state index in [1.807, 2.05) is 6.92 Å². The van der Waals surface area contributed by atoms with Gasteiger partial charge in [-0.05, 0) is 30.7 Å². The van der Waals surface area contributed by atoms with Crippen molar-refractivity contribution in [2.45, 2.75) is 19.9 Å². The summed E-state index contributed by atoms with van der Waals surface area (Å²) in [5.41, 5.74) is 0.634.